The van der Waals surface area contributed by atoms with Gasteiger partial charge in [0.2, 0.25) is 0 Å². The zero-order valence-electron chi connectivity index (χ0n) is 5.57. The van der Waals surface area contributed by atoms with E-state index in [9.17, 15) is 17.6 Å². The second kappa shape index (κ2) is 4.50. The van der Waals surface area contributed by atoms with Crippen LogP contribution in [0.5, 0.6) is 0 Å². The molecule has 0 saturated heterocycles. The third kappa shape index (κ3) is 7.54. The van der Waals surface area contributed by atoms with Crippen molar-refractivity contribution in [3.63, 3.8) is 0 Å². The van der Waals surface area contributed by atoms with E-state index >= 15 is 0 Å². The third-order valence-corrected chi connectivity index (χ3v) is 0.754. The molecule has 0 fully saturated rings. The zero-order chi connectivity index (χ0) is 8.91. The van der Waals surface area contributed by atoms with Crippen molar-refractivity contribution in [1.82, 2.24) is 0 Å². The average Bonchev–Trinajstić information content (AvgIpc) is 1.85. The fourth-order valence-electron chi connectivity index (χ4n) is 0.355. The van der Waals surface area contributed by atoms with Gasteiger partial charge in [0.25, 0.3) is 0 Å². The standard InChI is InChI=1S/C5H8F4O2/c6-1-4(10)2-11-3-5(7,8)9/h4,10H,1-3H2/t4-/m0/s1. The molecule has 1 atom stereocenters. The minimum atomic E-state index is -4.42. The second-order valence-corrected chi connectivity index (χ2v) is 1.94. The summed E-state index contributed by atoms with van der Waals surface area (Å²) >= 11 is 0. The molecule has 0 amide bonds. The lowest BCUT2D eigenvalue weighted by molar-refractivity contribution is -0.179. The SMILES string of the molecule is O[C@@H](CF)COCC(F)(F)F. The van der Waals surface area contributed by atoms with E-state index in [0.29, 0.717) is 0 Å². The van der Waals surface area contributed by atoms with E-state index in [-0.39, 0.29) is 0 Å². The van der Waals surface area contributed by atoms with E-state index in [1.165, 1.54) is 0 Å². The maximum absolute atomic E-state index is 11.4. The normalized spacial score (nSPS) is 15.0. The molecule has 0 aromatic carbocycles. The predicted octanol–water partition coefficient (Wildman–Crippen LogP) is 0.896. The highest BCUT2D eigenvalue weighted by molar-refractivity contribution is 4.51. The topological polar surface area (TPSA) is 29.5 Å². The summed E-state index contributed by atoms with van der Waals surface area (Å²) in [6, 6.07) is 0. The lowest BCUT2D eigenvalue weighted by Gasteiger charge is -2.09. The number of halogens is 4. The summed E-state index contributed by atoms with van der Waals surface area (Å²) in [7, 11) is 0. The van der Waals surface area contributed by atoms with Gasteiger partial charge >= 0.3 is 6.18 Å². The number of rotatable bonds is 4. The first kappa shape index (κ1) is 10.6. The van der Waals surface area contributed by atoms with Crippen LogP contribution in [0.4, 0.5) is 17.6 Å². The van der Waals surface area contributed by atoms with Crippen molar-refractivity contribution in [2.75, 3.05) is 19.9 Å². The lowest BCUT2D eigenvalue weighted by atomic mass is 10.4. The molecule has 0 aliphatic rings. The van der Waals surface area contributed by atoms with Crippen LogP contribution in [-0.2, 0) is 4.74 Å². The fraction of sp³-hybridized carbons (Fsp3) is 1.00. The molecular formula is C5H8F4O2. The number of hydrogen-bond acceptors (Lipinski definition) is 2. The number of aliphatic hydroxyl groups excluding tert-OH is 1. The highest BCUT2D eigenvalue weighted by Crippen LogP contribution is 2.14. The summed E-state index contributed by atoms with van der Waals surface area (Å²) in [4.78, 5) is 0. The molecule has 0 aliphatic heterocycles. The number of alkyl halides is 4. The molecule has 0 rings (SSSR count). The number of hydrogen-bond donors (Lipinski definition) is 1. The largest absolute Gasteiger partial charge is 0.411 e. The Morgan fingerprint density at radius 3 is 2.27 bits per heavy atom. The van der Waals surface area contributed by atoms with E-state index in [2.05, 4.69) is 4.74 Å². The van der Waals surface area contributed by atoms with Crippen LogP contribution in [0, 0.1) is 0 Å². The summed E-state index contributed by atoms with van der Waals surface area (Å²) < 4.78 is 49.3. The monoisotopic (exact) mass is 176 g/mol. The van der Waals surface area contributed by atoms with E-state index in [1.807, 2.05) is 0 Å². The Kier molecular flexibility index (Phi) is 4.36. The van der Waals surface area contributed by atoms with Gasteiger partial charge in [-0.3, -0.25) is 0 Å². The van der Waals surface area contributed by atoms with Gasteiger partial charge < -0.3 is 9.84 Å². The predicted molar refractivity (Wildman–Crippen MR) is 28.9 cm³/mol. The van der Waals surface area contributed by atoms with E-state index in [1.54, 1.807) is 0 Å². The smallest absolute Gasteiger partial charge is 0.388 e. The minimum Gasteiger partial charge on any atom is -0.388 e. The van der Waals surface area contributed by atoms with Gasteiger partial charge in [-0.1, -0.05) is 0 Å². The average molecular weight is 176 g/mol. The van der Waals surface area contributed by atoms with Crippen LogP contribution in [0.3, 0.4) is 0 Å². The van der Waals surface area contributed by atoms with Crippen LogP contribution >= 0.6 is 0 Å². The van der Waals surface area contributed by atoms with Crippen LogP contribution in [0.25, 0.3) is 0 Å². The van der Waals surface area contributed by atoms with Gasteiger partial charge in [0.15, 0.2) is 0 Å². The first-order chi connectivity index (χ1) is 4.95. The van der Waals surface area contributed by atoms with E-state index < -0.39 is 32.2 Å². The number of aliphatic hydroxyl groups is 1. The van der Waals surface area contributed by atoms with Crippen LogP contribution in [0.15, 0.2) is 0 Å². The highest BCUT2D eigenvalue weighted by atomic mass is 19.4. The Bertz CT molecular complexity index is 103. The van der Waals surface area contributed by atoms with Crippen LogP contribution in [0.2, 0.25) is 0 Å². The molecular weight excluding hydrogens is 168 g/mol. The Labute approximate surface area is 60.8 Å². The molecule has 2 nitrogen and oxygen atoms in total. The first-order valence-corrected chi connectivity index (χ1v) is 2.84. The highest BCUT2D eigenvalue weighted by Gasteiger charge is 2.27. The van der Waals surface area contributed by atoms with Gasteiger partial charge in [-0.25, -0.2) is 4.39 Å². The fourth-order valence-corrected chi connectivity index (χ4v) is 0.355. The molecule has 0 aromatic rings. The Morgan fingerprint density at radius 1 is 1.36 bits per heavy atom. The molecule has 1 N–H and O–H groups in total. The quantitative estimate of drug-likeness (QED) is 0.644. The molecule has 0 heterocycles. The van der Waals surface area contributed by atoms with Crippen molar-refractivity contribution in [2.45, 2.75) is 12.3 Å². The van der Waals surface area contributed by atoms with Crippen LogP contribution in [-0.4, -0.2) is 37.3 Å². The molecule has 0 unspecified atom stereocenters. The van der Waals surface area contributed by atoms with Gasteiger partial charge in [-0.15, -0.1) is 0 Å². The van der Waals surface area contributed by atoms with Crippen molar-refractivity contribution in [3.05, 3.63) is 0 Å². The van der Waals surface area contributed by atoms with E-state index in [4.69, 9.17) is 5.11 Å². The van der Waals surface area contributed by atoms with Crippen molar-refractivity contribution in [1.29, 1.82) is 0 Å². The van der Waals surface area contributed by atoms with Crippen molar-refractivity contribution >= 4 is 0 Å². The molecule has 11 heavy (non-hydrogen) atoms. The summed E-state index contributed by atoms with van der Waals surface area (Å²) in [6.45, 7) is -3.18. The summed E-state index contributed by atoms with van der Waals surface area (Å²) in [5.74, 6) is 0. The summed E-state index contributed by atoms with van der Waals surface area (Å²) in [6.07, 6.45) is -5.88. The number of ether oxygens (including phenoxy) is 1. The molecule has 0 aliphatic carbocycles. The molecule has 68 valence electrons. The molecule has 0 aromatic heterocycles. The molecule has 0 radical (unpaired) electrons. The Balaban J connectivity index is 3.28. The second-order valence-electron chi connectivity index (χ2n) is 1.94. The van der Waals surface area contributed by atoms with Gasteiger partial charge in [-0.05, 0) is 0 Å². The van der Waals surface area contributed by atoms with Gasteiger partial charge in [0.1, 0.15) is 19.4 Å². The van der Waals surface area contributed by atoms with Crippen molar-refractivity contribution in [2.24, 2.45) is 0 Å². The van der Waals surface area contributed by atoms with Gasteiger partial charge in [-0.2, -0.15) is 13.2 Å². The first-order valence-electron chi connectivity index (χ1n) is 2.84. The summed E-state index contributed by atoms with van der Waals surface area (Å²) in [5.41, 5.74) is 0. The Morgan fingerprint density at radius 2 is 1.91 bits per heavy atom. The molecule has 6 heteroatoms. The van der Waals surface area contributed by atoms with Gasteiger partial charge in [0.05, 0.1) is 6.61 Å². The summed E-state index contributed by atoms with van der Waals surface area (Å²) in [5, 5.41) is 8.39. The Hall–Kier alpha value is -0.360. The molecule has 0 saturated carbocycles. The minimum absolute atomic E-state index is 0.629. The molecule has 0 spiro atoms. The van der Waals surface area contributed by atoms with Crippen molar-refractivity contribution < 1.29 is 27.4 Å². The maximum atomic E-state index is 11.4. The maximum Gasteiger partial charge on any atom is 0.411 e. The van der Waals surface area contributed by atoms with Crippen LogP contribution in [0.1, 0.15) is 0 Å². The third-order valence-electron chi connectivity index (χ3n) is 0.754. The van der Waals surface area contributed by atoms with E-state index in [0.717, 1.165) is 0 Å². The lowest BCUT2D eigenvalue weighted by Crippen LogP contribution is -2.23. The van der Waals surface area contributed by atoms with Crippen molar-refractivity contribution in [3.8, 4) is 0 Å². The van der Waals surface area contributed by atoms with Crippen LogP contribution < -0.4 is 0 Å². The zero-order valence-corrected chi connectivity index (χ0v) is 5.57. The molecule has 0 bridgehead atoms. The van der Waals surface area contributed by atoms with Gasteiger partial charge in [0, 0.05) is 0 Å².